The van der Waals surface area contributed by atoms with Crippen LogP contribution in [0.3, 0.4) is 0 Å². The summed E-state index contributed by atoms with van der Waals surface area (Å²) in [6, 6.07) is 14.7. The maximum absolute atomic E-state index is 12.6. The van der Waals surface area contributed by atoms with Crippen LogP contribution in [0.4, 0.5) is 0 Å². The molecule has 1 aliphatic heterocycles. The van der Waals surface area contributed by atoms with E-state index in [0.717, 1.165) is 19.6 Å². The fourth-order valence-corrected chi connectivity index (χ4v) is 4.73. The zero-order valence-corrected chi connectivity index (χ0v) is 17.4. The zero-order chi connectivity index (χ0) is 20.0. The summed E-state index contributed by atoms with van der Waals surface area (Å²) in [6.07, 6.45) is 0.756. The molecule has 1 aliphatic rings. The van der Waals surface area contributed by atoms with Gasteiger partial charge in [0.05, 0.1) is 19.8 Å². The third kappa shape index (κ3) is 5.46. The summed E-state index contributed by atoms with van der Waals surface area (Å²) in [7, 11) is -2.25. The van der Waals surface area contributed by atoms with Crippen molar-refractivity contribution in [3.05, 3.63) is 59.1 Å². The molecule has 3 rings (SSSR count). The molecule has 0 amide bonds. The Kier molecular flexibility index (Phi) is 7.31. The highest BCUT2D eigenvalue weighted by molar-refractivity contribution is 7.89. The number of benzene rings is 2. The lowest BCUT2D eigenvalue weighted by Crippen LogP contribution is -2.39. The zero-order valence-electron chi connectivity index (χ0n) is 15.8. The smallest absolute Gasteiger partial charge is 0.244 e. The Bertz CT molecular complexity index is 877. The van der Waals surface area contributed by atoms with Crippen molar-refractivity contribution in [2.24, 2.45) is 0 Å². The SMILES string of the molecule is COc1ccc(Cl)cc1S(=O)(=O)NCCCN1CCO[C@@H](c2ccccc2)C1. The van der Waals surface area contributed by atoms with Crippen molar-refractivity contribution >= 4 is 21.6 Å². The standard InChI is InChI=1S/C20H25ClN2O4S/c1-26-18-9-8-17(21)14-20(18)28(24,25)22-10-5-11-23-12-13-27-19(15-23)16-6-3-2-4-7-16/h2-4,6-9,14,19,22H,5,10-13,15H2,1H3/t19-/m1/s1. The molecule has 2 aromatic rings. The minimum atomic E-state index is -3.68. The molecule has 0 spiro atoms. The number of hydrogen-bond acceptors (Lipinski definition) is 5. The minimum Gasteiger partial charge on any atom is -0.495 e. The number of ether oxygens (including phenoxy) is 2. The average Bonchev–Trinajstić information content (AvgIpc) is 2.72. The first-order valence-corrected chi connectivity index (χ1v) is 11.1. The van der Waals surface area contributed by atoms with Crippen molar-refractivity contribution in [2.45, 2.75) is 17.4 Å². The van der Waals surface area contributed by atoms with Gasteiger partial charge in [0.25, 0.3) is 0 Å². The lowest BCUT2D eigenvalue weighted by atomic mass is 10.1. The van der Waals surface area contributed by atoms with Crippen molar-refractivity contribution in [1.82, 2.24) is 9.62 Å². The lowest BCUT2D eigenvalue weighted by molar-refractivity contribution is -0.0300. The quantitative estimate of drug-likeness (QED) is 0.659. The van der Waals surface area contributed by atoms with Gasteiger partial charge in [0, 0.05) is 24.7 Å². The number of nitrogens with one attached hydrogen (secondary N) is 1. The molecule has 0 bridgehead atoms. The molecule has 0 aromatic heterocycles. The van der Waals surface area contributed by atoms with Crippen molar-refractivity contribution in [3.63, 3.8) is 0 Å². The second-order valence-electron chi connectivity index (χ2n) is 6.62. The van der Waals surface area contributed by atoms with Crippen LogP contribution in [-0.2, 0) is 14.8 Å². The van der Waals surface area contributed by atoms with Crippen LogP contribution in [0.15, 0.2) is 53.4 Å². The monoisotopic (exact) mass is 424 g/mol. The molecule has 1 atom stereocenters. The molecule has 1 N–H and O–H groups in total. The van der Waals surface area contributed by atoms with Gasteiger partial charge in [-0.15, -0.1) is 0 Å². The van der Waals surface area contributed by atoms with Crippen LogP contribution < -0.4 is 9.46 Å². The van der Waals surface area contributed by atoms with E-state index in [1.807, 2.05) is 18.2 Å². The molecule has 1 fully saturated rings. The van der Waals surface area contributed by atoms with E-state index in [9.17, 15) is 8.42 Å². The minimum absolute atomic E-state index is 0.0537. The molecule has 1 saturated heterocycles. The Morgan fingerprint density at radius 3 is 2.79 bits per heavy atom. The van der Waals surface area contributed by atoms with Gasteiger partial charge < -0.3 is 9.47 Å². The highest BCUT2D eigenvalue weighted by atomic mass is 35.5. The summed E-state index contributed by atoms with van der Waals surface area (Å²) in [6.45, 7) is 3.45. The van der Waals surface area contributed by atoms with Gasteiger partial charge in [0.15, 0.2) is 0 Å². The van der Waals surface area contributed by atoms with Crippen LogP contribution in [0.2, 0.25) is 5.02 Å². The molecule has 1 heterocycles. The predicted octanol–water partition coefficient (Wildman–Crippen LogP) is 3.09. The van der Waals surface area contributed by atoms with Gasteiger partial charge in [-0.05, 0) is 36.7 Å². The third-order valence-electron chi connectivity index (χ3n) is 4.68. The van der Waals surface area contributed by atoms with Crippen molar-refractivity contribution in [2.75, 3.05) is 39.9 Å². The van der Waals surface area contributed by atoms with E-state index in [1.165, 1.54) is 18.7 Å². The van der Waals surface area contributed by atoms with E-state index in [0.29, 0.717) is 24.6 Å². The van der Waals surface area contributed by atoms with Gasteiger partial charge in [-0.1, -0.05) is 41.9 Å². The fourth-order valence-electron chi connectivity index (χ4n) is 3.22. The topological polar surface area (TPSA) is 67.9 Å². The number of morpholine rings is 1. The first-order valence-electron chi connectivity index (χ1n) is 9.22. The third-order valence-corrected chi connectivity index (χ3v) is 6.40. The normalized spacial score (nSPS) is 18.1. The molecule has 152 valence electrons. The molecular weight excluding hydrogens is 400 g/mol. The number of sulfonamides is 1. The van der Waals surface area contributed by atoms with E-state index in [2.05, 4.69) is 21.8 Å². The molecule has 0 aliphatic carbocycles. The fraction of sp³-hybridized carbons (Fsp3) is 0.400. The van der Waals surface area contributed by atoms with Crippen molar-refractivity contribution < 1.29 is 17.9 Å². The van der Waals surface area contributed by atoms with Gasteiger partial charge in [-0.2, -0.15) is 0 Å². The van der Waals surface area contributed by atoms with Crippen LogP contribution in [-0.4, -0.2) is 53.2 Å². The number of rotatable bonds is 8. The summed E-state index contributed by atoms with van der Waals surface area (Å²) >= 11 is 5.94. The van der Waals surface area contributed by atoms with E-state index >= 15 is 0 Å². The van der Waals surface area contributed by atoms with Gasteiger partial charge in [-0.25, -0.2) is 13.1 Å². The highest BCUT2D eigenvalue weighted by Gasteiger charge is 2.22. The van der Waals surface area contributed by atoms with Gasteiger partial charge >= 0.3 is 0 Å². The first kappa shape index (κ1) is 21.1. The maximum Gasteiger partial charge on any atom is 0.244 e. The molecule has 8 heteroatoms. The molecule has 0 radical (unpaired) electrons. The number of nitrogens with zero attached hydrogens (tertiary/aromatic N) is 1. The van der Waals surface area contributed by atoms with Gasteiger partial charge in [0.2, 0.25) is 10.0 Å². The first-order chi connectivity index (χ1) is 13.5. The molecule has 6 nitrogen and oxygen atoms in total. The van der Waals surface area contributed by atoms with Gasteiger partial charge in [0.1, 0.15) is 10.6 Å². The Morgan fingerprint density at radius 1 is 1.25 bits per heavy atom. The van der Waals surface area contributed by atoms with Crippen LogP contribution in [0, 0.1) is 0 Å². The van der Waals surface area contributed by atoms with Crippen LogP contribution >= 0.6 is 11.6 Å². The lowest BCUT2D eigenvalue weighted by Gasteiger charge is -2.33. The summed E-state index contributed by atoms with van der Waals surface area (Å²) in [5.74, 6) is 0.274. The number of halogens is 1. The Morgan fingerprint density at radius 2 is 2.04 bits per heavy atom. The Hall–Kier alpha value is -1.64. The van der Waals surface area contributed by atoms with E-state index in [4.69, 9.17) is 21.1 Å². The molecule has 0 saturated carbocycles. The van der Waals surface area contributed by atoms with Crippen LogP contribution in [0.25, 0.3) is 0 Å². The second-order valence-corrected chi connectivity index (χ2v) is 8.79. The second kappa shape index (κ2) is 9.71. The molecular formula is C20H25ClN2O4S. The van der Waals surface area contributed by atoms with E-state index in [-0.39, 0.29) is 16.7 Å². The van der Waals surface area contributed by atoms with Gasteiger partial charge in [-0.3, -0.25) is 4.90 Å². The van der Waals surface area contributed by atoms with Crippen molar-refractivity contribution in [1.29, 1.82) is 0 Å². The Balaban J connectivity index is 1.51. The Labute approximate surface area is 171 Å². The molecule has 2 aromatic carbocycles. The maximum atomic E-state index is 12.6. The predicted molar refractivity (Wildman–Crippen MR) is 109 cm³/mol. The molecule has 0 unspecified atom stereocenters. The summed E-state index contributed by atoms with van der Waals surface area (Å²) in [4.78, 5) is 2.35. The molecule has 28 heavy (non-hydrogen) atoms. The summed E-state index contributed by atoms with van der Waals surface area (Å²) in [5, 5.41) is 0.349. The van der Waals surface area contributed by atoms with Crippen LogP contribution in [0.1, 0.15) is 18.1 Å². The van der Waals surface area contributed by atoms with E-state index in [1.54, 1.807) is 12.1 Å². The number of methoxy groups -OCH3 is 1. The average molecular weight is 425 g/mol. The number of hydrogen-bond donors (Lipinski definition) is 1. The van der Waals surface area contributed by atoms with Crippen LogP contribution in [0.5, 0.6) is 5.75 Å². The van der Waals surface area contributed by atoms with E-state index < -0.39 is 10.0 Å². The largest absolute Gasteiger partial charge is 0.495 e. The summed E-state index contributed by atoms with van der Waals surface area (Å²) < 4.78 is 38.8. The summed E-state index contributed by atoms with van der Waals surface area (Å²) in [5.41, 5.74) is 1.17. The van der Waals surface area contributed by atoms with Crippen molar-refractivity contribution in [3.8, 4) is 5.75 Å². The highest BCUT2D eigenvalue weighted by Crippen LogP contribution is 2.27.